The topological polar surface area (TPSA) is 55.4 Å². The first-order chi connectivity index (χ1) is 16.0. The highest BCUT2D eigenvalue weighted by atomic mass is 19.1. The lowest BCUT2D eigenvalue weighted by Gasteiger charge is -2.15. The molecule has 0 fully saturated rings. The zero-order valence-electron chi connectivity index (χ0n) is 18.3. The zero-order valence-corrected chi connectivity index (χ0v) is 18.3. The zero-order chi connectivity index (χ0) is 23.2. The summed E-state index contributed by atoms with van der Waals surface area (Å²) in [7, 11) is 0. The molecule has 1 unspecified atom stereocenters. The Morgan fingerprint density at radius 3 is 2.39 bits per heavy atom. The van der Waals surface area contributed by atoms with Gasteiger partial charge in [0, 0.05) is 6.42 Å². The normalized spacial score (nSPS) is 11.7. The van der Waals surface area contributed by atoms with Crippen molar-refractivity contribution in [1.29, 1.82) is 0 Å². The maximum atomic E-state index is 13.4. The standard InChI is InChI=1S/C28H24FNO3/c1-19(21-11-12-23-17-24(29)14-13-22(23)16-21)15-27(31)30-26-10-6-5-9-25(26)28(32)33-18-20-7-3-2-4-8-20/h2-14,16-17,19H,15,18H2,1H3,(H,30,31). The molecule has 4 rings (SSSR count). The van der Waals surface area contributed by atoms with Gasteiger partial charge in [0.05, 0.1) is 11.3 Å². The van der Waals surface area contributed by atoms with Gasteiger partial charge in [-0.05, 0) is 52.1 Å². The molecular weight excluding hydrogens is 417 g/mol. The van der Waals surface area contributed by atoms with Crippen molar-refractivity contribution in [2.75, 3.05) is 5.32 Å². The average molecular weight is 442 g/mol. The molecule has 0 aliphatic heterocycles. The highest BCUT2D eigenvalue weighted by Gasteiger charge is 2.17. The predicted molar refractivity (Wildman–Crippen MR) is 128 cm³/mol. The minimum Gasteiger partial charge on any atom is -0.457 e. The van der Waals surface area contributed by atoms with Crippen molar-refractivity contribution in [1.82, 2.24) is 0 Å². The van der Waals surface area contributed by atoms with Gasteiger partial charge in [-0.25, -0.2) is 9.18 Å². The van der Waals surface area contributed by atoms with E-state index >= 15 is 0 Å². The fraction of sp³-hybridized carbons (Fsp3) is 0.143. The van der Waals surface area contributed by atoms with E-state index in [-0.39, 0.29) is 30.7 Å². The number of hydrogen-bond donors (Lipinski definition) is 1. The van der Waals surface area contributed by atoms with Gasteiger partial charge in [0.25, 0.3) is 0 Å². The third kappa shape index (κ3) is 5.63. The summed E-state index contributed by atoms with van der Waals surface area (Å²) in [5.74, 6) is -1.03. The molecule has 1 atom stereocenters. The monoisotopic (exact) mass is 441 g/mol. The first kappa shape index (κ1) is 22.2. The number of halogens is 1. The molecule has 0 aromatic heterocycles. The number of ether oxygens (including phenoxy) is 1. The Hall–Kier alpha value is -3.99. The van der Waals surface area contributed by atoms with Gasteiger partial charge in [-0.15, -0.1) is 0 Å². The van der Waals surface area contributed by atoms with Gasteiger partial charge in [0.1, 0.15) is 12.4 Å². The second-order valence-electron chi connectivity index (χ2n) is 8.01. The second-order valence-corrected chi connectivity index (χ2v) is 8.01. The summed E-state index contributed by atoms with van der Waals surface area (Å²) >= 11 is 0. The number of hydrogen-bond acceptors (Lipinski definition) is 3. The summed E-state index contributed by atoms with van der Waals surface area (Å²) in [4.78, 5) is 25.4. The largest absolute Gasteiger partial charge is 0.457 e. The third-order valence-electron chi connectivity index (χ3n) is 5.52. The number of benzene rings is 4. The highest BCUT2D eigenvalue weighted by Crippen LogP contribution is 2.25. The molecule has 4 aromatic rings. The molecule has 0 radical (unpaired) electrons. The van der Waals surface area contributed by atoms with Crippen LogP contribution in [-0.4, -0.2) is 11.9 Å². The number of nitrogens with one attached hydrogen (secondary N) is 1. The van der Waals surface area contributed by atoms with E-state index in [0.717, 1.165) is 21.9 Å². The second kappa shape index (κ2) is 10.1. The maximum absolute atomic E-state index is 13.4. The molecule has 0 aliphatic carbocycles. The lowest BCUT2D eigenvalue weighted by Crippen LogP contribution is -2.17. The van der Waals surface area contributed by atoms with Crippen LogP contribution in [0.2, 0.25) is 0 Å². The molecule has 166 valence electrons. The van der Waals surface area contributed by atoms with Gasteiger partial charge in [-0.2, -0.15) is 0 Å². The van der Waals surface area contributed by atoms with Gasteiger partial charge >= 0.3 is 5.97 Å². The molecule has 0 spiro atoms. The van der Waals surface area contributed by atoms with Crippen LogP contribution in [0.1, 0.15) is 40.7 Å². The van der Waals surface area contributed by atoms with Gasteiger partial charge in [-0.3, -0.25) is 4.79 Å². The van der Waals surface area contributed by atoms with Gasteiger partial charge in [-0.1, -0.05) is 73.7 Å². The summed E-state index contributed by atoms with van der Waals surface area (Å²) in [5.41, 5.74) is 2.60. The predicted octanol–water partition coefficient (Wildman–Crippen LogP) is 6.47. The maximum Gasteiger partial charge on any atom is 0.340 e. The van der Waals surface area contributed by atoms with E-state index in [1.54, 1.807) is 30.3 Å². The lowest BCUT2D eigenvalue weighted by molar-refractivity contribution is -0.116. The molecular formula is C28H24FNO3. The van der Waals surface area contributed by atoms with E-state index in [9.17, 15) is 14.0 Å². The molecule has 0 saturated heterocycles. The summed E-state index contributed by atoms with van der Waals surface area (Å²) in [5, 5.41) is 4.59. The van der Waals surface area contributed by atoms with Crippen LogP contribution in [0.3, 0.4) is 0 Å². The quantitative estimate of drug-likeness (QED) is 0.335. The van der Waals surface area contributed by atoms with E-state index in [2.05, 4.69) is 5.32 Å². The molecule has 4 aromatic carbocycles. The van der Waals surface area contributed by atoms with Crippen LogP contribution in [0.4, 0.5) is 10.1 Å². The Kier molecular flexibility index (Phi) is 6.79. The van der Waals surface area contributed by atoms with Crippen LogP contribution in [0.5, 0.6) is 0 Å². The van der Waals surface area contributed by atoms with Crippen molar-refractivity contribution in [3.63, 3.8) is 0 Å². The van der Waals surface area contributed by atoms with E-state index in [4.69, 9.17) is 4.74 Å². The number of esters is 1. The Balaban J connectivity index is 1.41. The van der Waals surface area contributed by atoms with Crippen LogP contribution in [0.25, 0.3) is 10.8 Å². The minimum atomic E-state index is -0.496. The van der Waals surface area contributed by atoms with Crippen molar-refractivity contribution in [3.8, 4) is 0 Å². The third-order valence-corrected chi connectivity index (χ3v) is 5.52. The number of rotatable bonds is 7. The van der Waals surface area contributed by atoms with Crippen LogP contribution in [-0.2, 0) is 16.1 Å². The molecule has 1 amide bonds. The smallest absolute Gasteiger partial charge is 0.340 e. The van der Waals surface area contributed by atoms with Crippen molar-refractivity contribution in [3.05, 3.63) is 114 Å². The Morgan fingerprint density at radius 1 is 0.879 bits per heavy atom. The molecule has 0 aliphatic rings. The first-order valence-corrected chi connectivity index (χ1v) is 10.8. The summed E-state index contributed by atoms with van der Waals surface area (Å²) in [6.07, 6.45) is 0.236. The Morgan fingerprint density at radius 2 is 1.58 bits per heavy atom. The number of amides is 1. The number of anilines is 1. The Labute approximate surface area is 192 Å². The SMILES string of the molecule is CC(CC(=O)Nc1ccccc1C(=O)OCc1ccccc1)c1ccc2cc(F)ccc2c1. The fourth-order valence-electron chi connectivity index (χ4n) is 3.71. The van der Waals surface area contributed by atoms with Crippen molar-refractivity contribution < 1.29 is 18.7 Å². The van der Waals surface area contributed by atoms with E-state index in [1.807, 2.05) is 55.5 Å². The van der Waals surface area contributed by atoms with Crippen molar-refractivity contribution in [2.45, 2.75) is 25.9 Å². The van der Waals surface area contributed by atoms with Crippen LogP contribution < -0.4 is 5.32 Å². The van der Waals surface area contributed by atoms with Gasteiger partial charge in [0.2, 0.25) is 5.91 Å². The summed E-state index contributed by atoms with van der Waals surface area (Å²) in [6.45, 7) is 2.12. The minimum absolute atomic E-state index is 0.0587. The molecule has 0 saturated carbocycles. The van der Waals surface area contributed by atoms with Gasteiger partial charge in [0.15, 0.2) is 0 Å². The average Bonchev–Trinajstić information content (AvgIpc) is 2.83. The van der Waals surface area contributed by atoms with Crippen molar-refractivity contribution in [2.24, 2.45) is 0 Å². The first-order valence-electron chi connectivity index (χ1n) is 10.8. The van der Waals surface area contributed by atoms with E-state index in [0.29, 0.717) is 11.3 Å². The number of carbonyl (C=O) groups is 2. The van der Waals surface area contributed by atoms with E-state index in [1.165, 1.54) is 12.1 Å². The number of carbonyl (C=O) groups excluding carboxylic acids is 2. The van der Waals surface area contributed by atoms with Crippen LogP contribution in [0.15, 0.2) is 91.0 Å². The molecule has 5 heteroatoms. The van der Waals surface area contributed by atoms with Crippen LogP contribution >= 0.6 is 0 Å². The fourth-order valence-corrected chi connectivity index (χ4v) is 3.71. The lowest BCUT2D eigenvalue weighted by atomic mass is 9.95. The van der Waals surface area contributed by atoms with Gasteiger partial charge < -0.3 is 10.1 Å². The molecule has 4 nitrogen and oxygen atoms in total. The number of para-hydroxylation sites is 1. The summed E-state index contributed by atoms with van der Waals surface area (Å²) in [6, 6.07) is 26.6. The highest BCUT2D eigenvalue weighted by molar-refractivity contribution is 6.01. The van der Waals surface area contributed by atoms with Crippen molar-refractivity contribution >= 4 is 28.3 Å². The Bertz CT molecular complexity index is 1290. The molecule has 0 heterocycles. The molecule has 0 bridgehead atoms. The van der Waals surface area contributed by atoms with Crippen LogP contribution in [0, 0.1) is 5.82 Å². The number of fused-ring (bicyclic) bond motifs is 1. The molecule has 33 heavy (non-hydrogen) atoms. The summed E-state index contributed by atoms with van der Waals surface area (Å²) < 4.78 is 18.8. The molecule has 1 N–H and O–H groups in total. The van der Waals surface area contributed by atoms with E-state index < -0.39 is 5.97 Å².